The Hall–Kier alpha value is -1.43. The quantitative estimate of drug-likeness (QED) is 0.651. The fourth-order valence-corrected chi connectivity index (χ4v) is 0.821. The van der Waals surface area contributed by atoms with Crippen LogP contribution in [0.2, 0.25) is 0 Å². The number of hydrogen-bond acceptors (Lipinski definition) is 4. The number of carboxylic acids is 1. The summed E-state index contributed by atoms with van der Waals surface area (Å²) in [6.45, 7) is 2.00. The van der Waals surface area contributed by atoms with E-state index in [0.29, 0.717) is 6.54 Å². The van der Waals surface area contributed by atoms with Crippen LogP contribution in [0.1, 0.15) is 12.6 Å². The number of carbonyl (C=O) groups is 1. The van der Waals surface area contributed by atoms with Gasteiger partial charge in [0.05, 0.1) is 5.69 Å². The van der Waals surface area contributed by atoms with Crippen molar-refractivity contribution in [2.45, 2.75) is 19.5 Å². The van der Waals surface area contributed by atoms with Crippen molar-refractivity contribution in [2.24, 2.45) is 7.05 Å². The second-order valence-corrected chi connectivity index (χ2v) is 2.82. The zero-order valence-electron chi connectivity index (χ0n) is 7.56. The molecule has 1 heterocycles. The molecule has 0 unspecified atom stereocenters. The lowest BCUT2D eigenvalue weighted by molar-refractivity contribution is -0.139. The Morgan fingerprint density at radius 2 is 2.54 bits per heavy atom. The number of aryl methyl sites for hydroxylation is 1. The molecule has 0 saturated heterocycles. The Bertz CT molecular complexity index is 296. The lowest BCUT2D eigenvalue weighted by Crippen LogP contribution is -2.33. The summed E-state index contributed by atoms with van der Waals surface area (Å²) in [6, 6.07) is -0.568. The van der Waals surface area contributed by atoms with E-state index in [2.05, 4.69) is 15.6 Å². The van der Waals surface area contributed by atoms with E-state index in [-0.39, 0.29) is 0 Å². The number of nitrogens with one attached hydrogen (secondary N) is 1. The van der Waals surface area contributed by atoms with Gasteiger partial charge in [-0.15, -0.1) is 5.10 Å². The van der Waals surface area contributed by atoms with Gasteiger partial charge in [-0.1, -0.05) is 5.21 Å². The molecule has 0 spiro atoms. The number of aromatic nitrogens is 3. The number of rotatable bonds is 4. The highest BCUT2D eigenvalue weighted by Crippen LogP contribution is 1.91. The van der Waals surface area contributed by atoms with E-state index in [4.69, 9.17) is 5.11 Å². The number of carboxylic acid groups (broad SMARTS) is 1. The Balaban J connectivity index is 2.39. The van der Waals surface area contributed by atoms with Gasteiger partial charge in [-0.25, -0.2) is 0 Å². The third-order valence-electron chi connectivity index (χ3n) is 1.61. The minimum Gasteiger partial charge on any atom is -0.480 e. The molecule has 2 N–H and O–H groups in total. The molecular formula is C7H12N4O2. The van der Waals surface area contributed by atoms with Gasteiger partial charge in [0.2, 0.25) is 0 Å². The van der Waals surface area contributed by atoms with Gasteiger partial charge in [0, 0.05) is 19.8 Å². The second kappa shape index (κ2) is 3.99. The molecule has 6 nitrogen and oxygen atoms in total. The van der Waals surface area contributed by atoms with Crippen molar-refractivity contribution in [3.8, 4) is 0 Å². The molecule has 13 heavy (non-hydrogen) atoms. The van der Waals surface area contributed by atoms with Crippen molar-refractivity contribution in [3.05, 3.63) is 11.9 Å². The third-order valence-corrected chi connectivity index (χ3v) is 1.61. The summed E-state index contributed by atoms with van der Waals surface area (Å²) in [6.07, 6.45) is 1.74. The molecule has 1 atom stereocenters. The fourth-order valence-electron chi connectivity index (χ4n) is 0.821. The first-order chi connectivity index (χ1) is 6.09. The Kier molecular flexibility index (Phi) is 2.97. The number of hydrogen-bond donors (Lipinski definition) is 2. The van der Waals surface area contributed by atoms with Gasteiger partial charge in [0.25, 0.3) is 0 Å². The van der Waals surface area contributed by atoms with E-state index >= 15 is 0 Å². The van der Waals surface area contributed by atoms with Gasteiger partial charge in [-0.3, -0.25) is 14.8 Å². The molecule has 1 aromatic heterocycles. The summed E-state index contributed by atoms with van der Waals surface area (Å²) >= 11 is 0. The molecule has 0 aromatic carbocycles. The maximum atomic E-state index is 10.4. The molecule has 0 amide bonds. The van der Waals surface area contributed by atoms with Crippen molar-refractivity contribution >= 4 is 5.97 Å². The molecule has 0 bridgehead atoms. The van der Waals surface area contributed by atoms with Crippen LogP contribution in [-0.4, -0.2) is 32.1 Å². The van der Waals surface area contributed by atoms with E-state index in [1.165, 1.54) is 0 Å². The van der Waals surface area contributed by atoms with Gasteiger partial charge < -0.3 is 5.11 Å². The van der Waals surface area contributed by atoms with Gasteiger partial charge in [-0.2, -0.15) is 0 Å². The van der Waals surface area contributed by atoms with Gasteiger partial charge >= 0.3 is 5.97 Å². The molecule has 6 heteroatoms. The Morgan fingerprint density at radius 1 is 1.85 bits per heavy atom. The van der Waals surface area contributed by atoms with Crippen molar-refractivity contribution in [3.63, 3.8) is 0 Å². The van der Waals surface area contributed by atoms with E-state index in [0.717, 1.165) is 5.69 Å². The van der Waals surface area contributed by atoms with Crippen LogP contribution in [0, 0.1) is 0 Å². The maximum absolute atomic E-state index is 10.4. The fraction of sp³-hybridized carbons (Fsp3) is 0.571. The van der Waals surface area contributed by atoms with E-state index < -0.39 is 12.0 Å². The third kappa shape index (κ3) is 2.83. The van der Waals surface area contributed by atoms with E-state index in [1.807, 2.05) is 0 Å². The van der Waals surface area contributed by atoms with Crippen LogP contribution < -0.4 is 5.32 Å². The predicted molar refractivity (Wildman–Crippen MR) is 44.9 cm³/mol. The van der Waals surface area contributed by atoms with Crippen LogP contribution in [-0.2, 0) is 18.4 Å². The summed E-state index contributed by atoms with van der Waals surface area (Å²) in [7, 11) is 1.76. The molecule has 0 aliphatic heterocycles. The maximum Gasteiger partial charge on any atom is 0.320 e. The normalized spacial score (nSPS) is 12.8. The van der Waals surface area contributed by atoms with Crippen molar-refractivity contribution in [1.29, 1.82) is 0 Å². The van der Waals surface area contributed by atoms with E-state index in [9.17, 15) is 4.79 Å². The van der Waals surface area contributed by atoms with Crippen LogP contribution in [0.5, 0.6) is 0 Å². The van der Waals surface area contributed by atoms with Crippen molar-refractivity contribution in [1.82, 2.24) is 20.3 Å². The Morgan fingerprint density at radius 3 is 3.00 bits per heavy atom. The average molecular weight is 184 g/mol. The molecule has 0 saturated carbocycles. The zero-order valence-corrected chi connectivity index (χ0v) is 7.56. The van der Waals surface area contributed by atoms with E-state index in [1.54, 1.807) is 24.9 Å². The first-order valence-electron chi connectivity index (χ1n) is 3.91. The minimum atomic E-state index is -0.871. The molecule has 0 aliphatic carbocycles. The molecule has 0 aliphatic rings. The summed E-state index contributed by atoms with van der Waals surface area (Å²) in [5.41, 5.74) is 0.732. The van der Waals surface area contributed by atoms with Crippen LogP contribution in [0.3, 0.4) is 0 Å². The minimum absolute atomic E-state index is 0.418. The van der Waals surface area contributed by atoms with Crippen molar-refractivity contribution < 1.29 is 9.90 Å². The van der Waals surface area contributed by atoms with Gasteiger partial charge in [-0.05, 0) is 6.92 Å². The summed E-state index contributed by atoms with van der Waals surface area (Å²) < 4.78 is 1.57. The lowest BCUT2D eigenvalue weighted by Gasteiger charge is -2.05. The van der Waals surface area contributed by atoms with Crippen LogP contribution >= 0.6 is 0 Å². The topological polar surface area (TPSA) is 80.0 Å². The largest absolute Gasteiger partial charge is 0.480 e. The molecular weight excluding hydrogens is 172 g/mol. The van der Waals surface area contributed by atoms with Crippen molar-refractivity contribution in [2.75, 3.05) is 0 Å². The highest BCUT2D eigenvalue weighted by molar-refractivity contribution is 5.72. The SMILES string of the molecule is C[C@@H](NCc1cn(C)nn1)C(=O)O. The predicted octanol–water partition coefficient (Wildman–Crippen LogP) is -0.622. The molecule has 1 aromatic rings. The summed E-state index contributed by atoms with van der Waals surface area (Å²) in [5.74, 6) is -0.871. The molecule has 1 rings (SSSR count). The highest BCUT2D eigenvalue weighted by atomic mass is 16.4. The van der Waals surface area contributed by atoms with Gasteiger partial charge in [0.1, 0.15) is 6.04 Å². The molecule has 0 fully saturated rings. The molecule has 72 valence electrons. The molecule has 0 radical (unpaired) electrons. The number of nitrogens with zero attached hydrogens (tertiary/aromatic N) is 3. The first-order valence-corrected chi connectivity index (χ1v) is 3.91. The standard InChI is InChI=1S/C7H12N4O2/c1-5(7(12)13)8-3-6-4-11(2)10-9-6/h4-5,8H,3H2,1-2H3,(H,12,13)/t5-/m1/s1. The second-order valence-electron chi connectivity index (χ2n) is 2.82. The zero-order chi connectivity index (χ0) is 9.84. The average Bonchev–Trinajstić information content (AvgIpc) is 2.47. The van der Waals surface area contributed by atoms with Crippen LogP contribution in [0.15, 0.2) is 6.20 Å². The van der Waals surface area contributed by atoms with Crippen LogP contribution in [0.25, 0.3) is 0 Å². The summed E-state index contributed by atoms with van der Waals surface area (Å²) in [4.78, 5) is 10.4. The smallest absolute Gasteiger partial charge is 0.320 e. The van der Waals surface area contributed by atoms with Gasteiger partial charge in [0.15, 0.2) is 0 Å². The van der Waals surface area contributed by atoms with Crippen LogP contribution in [0.4, 0.5) is 0 Å². The summed E-state index contributed by atoms with van der Waals surface area (Å²) in [5, 5.41) is 18.9. The highest BCUT2D eigenvalue weighted by Gasteiger charge is 2.09. The Labute approximate surface area is 75.6 Å². The lowest BCUT2D eigenvalue weighted by atomic mass is 10.3. The number of aliphatic carboxylic acids is 1. The monoisotopic (exact) mass is 184 g/mol. The first kappa shape index (κ1) is 9.66.